The van der Waals surface area contributed by atoms with E-state index in [1.807, 2.05) is 0 Å². The van der Waals surface area contributed by atoms with E-state index in [0.29, 0.717) is 28.9 Å². The minimum Gasteiger partial charge on any atom is -0.462 e. The van der Waals surface area contributed by atoms with Gasteiger partial charge in [-0.15, -0.1) is 21.5 Å². The van der Waals surface area contributed by atoms with Gasteiger partial charge in [0.25, 0.3) is 0 Å². The predicted octanol–water partition coefficient (Wildman–Crippen LogP) is 5.62. The van der Waals surface area contributed by atoms with E-state index in [2.05, 4.69) is 59.2 Å². The molecule has 0 saturated heterocycles. The van der Waals surface area contributed by atoms with Crippen LogP contribution < -0.4 is 5.32 Å². The first kappa shape index (κ1) is 24.0. The van der Waals surface area contributed by atoms with Gasteiger partial charge in [0, 0.05) is 27.5 Å². The van der Waals surface area contributed by atoms with E-state index in [4.69, 9.17) is 4.74 Å². The normalized spacial score (nSPS) is 11.2. The summed E-state index contributed by atoms with van der Waals surface area (Å²) in [4.78, 5) is 25.5. The molecule has 3 aromatic rings. The summed E-state index contributed by atoms with van der Waals surface area (Å²) in [6.45, 7) is 10.6. The highest BCUT2D eigenvalue weighted by molar-refractivity contribution is 7.99. The van der Waals surface area contributed by atoms with Gasteiger partial charge in [-0.2, -0.15) is 0 Å². The summed E-state index contributed by atoms with van der Waals surface area (Å²) in [5.74, 6) is 0.951. The number of carbonyl (C=O) groups excluding carboxylic acids is 2. The second-order valence-electron chi connectivity index (χ2n) is 7.80. The lowest BCUT2D eigenvalue weighted by Crippen LogP contribution is -2.15. The summed E-state index contributed by atoms with van der Waals surface area (Å²) in [6.07, 6.45) is 0. The van der Waals surface area contributed by atoms with E-state index in [1.165, 1.54) is 16.6 Å². The van der Waals surface area contributed by atoms with Crippen molar-refractivity contribution in [3.63, 3.8) is 0 Å². The van der Waals surface area contributed by atoms with Crippen molar-refractivity contribution in [2.24, 2.45) is 0 Å². The molecule has 3 rings (SSSR count). The maximum absolute atomic E-state index is 12.5. The van der Waals surface area contributed by atoms with E-state index in [-0.39, 0.29) is 23.7 Å². The molecule has 0 bridgehead atoms. The van der Waals surface area contributed by atoms with Gasteiger partial charge in [-0.1, -0.05) is 25.6 Å². The highest BCUT2D eigenvalue weighted by Gasteiger charge is 2.19. The molecule has 32 heavy (non-hydrogen) atoms. The number of nitrogens with zero attached hydrogens (tertiary/aromatic N) is 3. The zero-order valence-corrected chi connectivity index (χ0v) is 20.5. The van der Waals surface area contributed by atoms with Gasteiger partial charge in [0.15, 0.2) is 11.0 Å². The van der Waals surface area contributed by atoms with Gasteiger partial charge in [0.05, 0.1) is 17.9 Å². The molecule has 0 radical (unpaired) electrons. The molecular formula is C23H28N4O3S2. The number of ether oxygens (including phenoxy) is 1. The van der Waals surface area contributed by atoms with Gasteiger partial charge in [0.1, 0.15) is 0 Å². The Labute approximate surface area is 196 Å². The van der Waals surface area contributed by atoms with E-state index in [0.717, 1.165) is 11.4 Å². The first-order valence-corrected chi connectivity index (χ1v) is 12.4. The number of thioether (sulfide) groups is 1. The molecular weight excluding hydrogens is 444 g/mol. The van der Waals surface area contributed by atoms with Gasteiger partial charge < -0.3 is 10.1 Å². The maximum atomic E-state index is 12.5. The SMILES string of the molecule is CCOC(=O)c1ccc(NC(=O)CSc2nnc(-c3csc(C(C)C)c3)n2C(C)C)cc1. The third-order valence-electron chi connectivity index (χ3n) is 4.64. The molecule has 0 fully saturated rings. The van der Waals surface area contributed by atoms with Crippen molar-refractivity contribution in [1.82, 2.24) is 14.8 Å². The van der Waals surface area contributed by atoms with Gasteiger partial charge in [-0.05, 0) is 57.0 Å². The smallest absolute Gasteiger partial charge is 0.338 e. The fraction of sp³-hybridized carbons (Fsp3) is 0.391. The van der Waals surface area contributed by atoms with E-state index in [9.17, 15) is 9.59 Å². The minimum absolute atomic E-state index is 0.156. The van der Waals surface area contributed by atoms with E-state index >= 15 is 0 Å². The van der Waals surface area contributed by atoms with Gasteiger partial charge in [0.2, 0.25) is 5.91 Å². The molecule has 7 nitrogen and oxygen atoms in total. The summed E-state index contributed by atoms with van der Waals surface area (Å²) in [5, 5.41) is 14.4. The minimum atomic E-state index is -0.379. The van der Waals surface area contributed by atoms with Crippen LogP contribution in [-0.4, -0.2) is 39.0 Å². The number of hydrogen-bond acceptors (Lipinski definition) is 7. The van der Waals surface area contributed by atoms with Crippen LogP contribution in [-0.2, 0) is 9.53 Å². The molecule has 0 aliphatic carbocycles. The summed E-state index contributed by atoms with van der Waals surface area (Å²) in [7, 11) is 0. The van der Waals surface area contributed by atoms with Crippen LogP contribution in [0.2, 0.25) is 0 Å². The van der Waals surface area contributed by atoms with Crippen LogP contribution in [0.25, 0.3) is 11.4 Å². The van der Waals surface area contributed by atoms with Crippen LogP contribution in [0.3, 0.4) is 0 Å². The van der Waals surface area contributed by atoms with E-state index in [1.54, 1.807) is 42.5 Å². The number of hydrogen-bond donors (Lipinski definition) is 1. The molecule has 170 valence electrons. The Morgan fingerprint density at radius 1 is 1.16 bits per heavy atom. The molecule has 9 heteroatoms. The average Bonchev–Trinajstić information content (AvgIpc) is 3.40. The third-order valence-corrected chi connectivity index (χ3v) is 6.82. The molecule has 0 saturated carbocycles. The third kappa shape index (κ3) is 5.77. The topological polar surface area (TPSA) is 86.1 Å². The highest BCUT2D eigenvalue weighted by Crippen LogP contribution is 2.32. The zero-order valence-electron chi connectivity index (χ0n) is 18.9. The van der Waals surface area contributed by atoms with Crippen molar-refractivity contribution in [3.05, 3.63) is 46.2 Å². The van der Waals surface area contributed by atoms with Crippen molar-refractivity contribution in [1.29, 1.82) is 0 Å². The van der Waals surface area contributed by atoms with Crippen molar-refractivity contribution in [2.75, 3.05) is 17.7 Å². The lowest BCUT2D eigenvalue weighted by molar-refractivity contribution is -0.113. The van der Waals surface area contributed by atoms with Crippen molar-refractivity contribution in [2.45, 2.75) is 51.7 Å². The van der Waals surface area contributed by atoms with E-state index < -0.39 is 0 Å². The molecule has 2 heterocycles. The summed E-state index contributed by atoms with van der Waals surface area (Å²) in [6, 6.07) is 8.96. The number of esters is 1. The Balaban J connectivity index is 1.65. The molecule has 0 aliphatic heterocycles. The average molecular weight is 473 g/mol. The second-order valence-corrected chi connectivity index (χ2v) is 9.68. The number of nitrogens with one attached hydrogen (secondary N) is 1. The molecule has 1 amide bonds. The molecule has 0 atom stereocenters. The van der Waals surface area contributed by atoms with Crippen molar-refractivity contribution < 1.29 is 14.3 Å². The van der Waals surface area contributed by atoms with Crippen molar-refractivity contribution in [3.8, 4) is 11.4 Å². The monoisotopic (exact) mass is 472 g/mol. The number of rotatable bonds is 9. The fourth-order valence-electron chi connectivity index (χ4n) is 3.04. The number of aromatic nitrogens is 3. The first-order chi connectivity index (χ1) is 15.3. The Bertz CT molecular complexity index is 1070. The second kappa shape index (κ2) is 10.8. The van der Waals surface area contributed by atoms with Crippen LogP contribution in [0.5, 0.6) is 0 Å². The summed E-state index contributed by atoms with van der Waals surface area (Å²) >= 11 is 3.08. The Morgan fingerprint density at radius 3 is 2.47 bits per heavy atom. The quantitative estimate of drug-likeness (QED) is 0.321. The molecule has 0 spiro atoms. The van der Waals surface area contributed by atoms with Crippen LogP contribution in [0.1, 0.15) is 61.8 Å². The number of carbonyl (C=O) groups is 2. The van der Waals surface area contributed by atoms with Crippen LogP contribution in [0.15, 0.2) is 40.9 Å². The molecule has 0 aliphatic rings. The maximum Gasteiger partial charge on any atom is 0.338 e. The molecule has 1 N–H and O–H groups in total. The van der Waals surface area contributed by atoms with Crippen LogP contribution >= 0.6 is 23.1 Å². The summed E-state index contributed by atoms with van der Waals surface area (Å²) in [5.41, 5.74) is 2.12. The molecule has 2 aromatic heterocycles. The zero-order chi connectivity index (χ0) is 23.3. The van der Waals surface area contributed by atoms with Crippen LogP contribution in [0.4, 0.5) is 5.69 Å². The first-order valence-electron chi connectivity index (χ1n) is 10.5. The molecule has 1 aromatic carbocycles. The lowest BCUT2D eigenvalue weighted by atomic mass is 10.1. The van der Waals surface area contributed by atoms with Gasteiger partial charge >= 0.3 is 5.97 Å². The van der Waals surface area contributed by atoms with Gasteiger partial charge in [-0.3, -0.25) is 9.36 Å². The Hall–Kier alpha value is -2.65. The Morgan fingerprint density at radius 2 is 1.88 bits per heavy atom. The number of thiophene rings is 1. The number of amides is 1. The van der Waals surface area contributed by atoms with Gasteiger partial charge in [-0.25, -0.2) is 4.79 Å². The standard InChI is InChI=1S/C23H28N4O3S2/c1-6-30-22(29)16-7-9-18(10-8-16)24-20(28)13-32-23-26-25-21(27(23)15(4)5)17-11-19(14(2)3)31-12-17/h7-12,14-15H,6,13H2,1-5H3,(H,24,28). The van der Waals surface area contributed by atoms with Crippen LogP contribution in [0, 0.1) is 0 Å². The lowest BCUT2D eigenvalue weighted by Gasteiger charge is -2.13. The summed E-state index contributed by atoms with van der Waals surface area (Å²) < 4.78 is 7.04. The number of benzene rings is 1. The Kier molecular flexibility index (Phi) is 8.09. The highest BCUT2D eigenvalue weighted by atomic mass is 32.2. The fourth-order valence-corrected chi connectivity index (χ4v) is 4.81. The number of anilines is 1. The predicted molar refractivity (Wildman–Crippen MR) is 130 cm³/mol. The van der Waals surface area contributed by atoms with Crippen molar-refractivity contribution >= 4 is 40.7 Å². The largest absolute Gasteiger partial charge is 0.462 e. The molecule has 0 unspecified atom stereocenters.